The van der Waals surface area contributed by atoms with Crippen LogP contribution in [0, 0.1) is 0 Å². The van der Waals surface area contributed by atoms with Gasteiger partial charge >= 0.3 is 18.3 Å². The standard InChI is InChI=1S/C13H14BN3O5S/c1-2-20-11(18)6-10-8-4-3-7(5-9(8)14(19)22-10)21-13-17-16-12(15)23-13/h3-5,10,19H,2,6H2,1H3,(H2,15,16). The molecule has 1 unspecified atom stereocenters. The first-order valence-corrected chi connectivity index (χ1v) is 7.78. The number of aromatic nitrogens is 2. The SMILES string of the molecule is CCOC(=O)CC1OB(O)c2cc(Oc3nnc(N)s3)ccc21. The van der Waals surface area contributed by atoms with Crippen LogP contribution < -0.4 is 15.9 Å². The molecule has 2 aromatic rings. The summed E-state index contributed by atoms with van der Waals surface area (Å²) in [7, 11) is -1.12. The van der Waals surface area contributed by atoms with Crippen LogP contribution in [0.4, 0.5) is 5.13 Å². The van der Waals surface area contributed by atoms with Crippen LogP contribution in [0.2, 0.25) is 0 Å². The van der Waals surface area contributed by atoms with Gasteiger partial charge in [0.25, 0.3) is 0 Å². The van der Waals surface area contributed by atoms with Gasteiger partial charge in [0.1, 0.15) is 5.75 Å². The van der Waals surface area contributed by atoms with Crippen molar-refractivity contribution in [3.8, 4) is 10.9 Å². The van der Waals surface area contributed by atoms with Crippen molar-refractivity contribution < 1.29 is 23.9 Å². The topological polar surface area (TPSA) is 117 Å². The molecule has 0 spiro atoms. The number of ether oxygens (including phenoxy) is 2. The lowest BCUT2D eigenvalue weighted by Crippen LogP contribution is -2.28. The number of benzene rings is 1. The third-order valence-corrected chi connectivity index (χ3v) is 3.88. The summed E-state index contributed by atoms with van der Waals surface area (Å²) >= 11 is 1.11. The van der Waals surface area contributed by atoms with E-state index >= 15 is 0 Å². The third kappa shape index (κ3) is 3.44. The van der Waals surface area contributed by atoms with Gasteiger partial charge < -0.3 is 24.9 Å². The molecule has 3 N–H and O–H groups in total. The maximum Gasteiger partial charge on any atom is 0.492 e. The molecule has 0 amide bonds. The molecule has 1 aliphatic heterocycles. The molecular formula is C13H14BN3O5S. The Morgan fingerprint density at radius 1 is 1.52 bits per heavy atom. The molecule has 1 aromatic carbocycles. The fourth-order valence-corrected chi connectivity index (χ4v) is 2.80. The van der Waals surface area contributed by atoms with E-state index in [4.69, 9.17) is 19.9 Å². The smallest absolute Gasteiger partial charge is 0.466 e. The molecule has 0 saturated carbocycles. The van der Waals surface area contributed by atoms with Crippen LogP contribution in [-0.4, -0.2) is 34.9 Å². The maximum absolute atomic E-state index is 11.6. The van der Waals surface area contributed by atoms with E-state index in [9.17, 15) is 9.82 Å². The minimum Gasteiger partial charge on any atom is -0.466 e. The van der Waals surface area contributed by atoms with Crippen LogP contribution in [0.1, 0.15) is 25.0 Å². The normalized spacial score (nSPS) is 16.3. The van der Waals surface area contributed by atoms with E-state index < -0.39 is 13.2 Å². The number of hydrogen-bond donors (Lipinski definition) is 2. The molecule has 120 valence electrons. The van der Waals surface area contributed by atoms with Crippen LogP contribution in [0.25, 0.3) is 0 Å². The number of nitrogens with zero attached hydrogens (tertiary/aromatic N) is 2. The van der Waals surface area contributed by atoms with Crippen LogP contribution >= 0.6 is 11.3 Å². The number of nitrogen functional groups attached to an aromatic ring is 1. The molecular weight excluding hydrogens is 321 g/mol. The highest BCUT2D eigenvalue weighted by Crippen LogP contribution is 2.31. The van der Waals surface area contributed by atoms with Gasteiger partial charge in [-0.1, -0.05) is 11.2 Å². The zero-order valence-corrected chi connectivity index (χ0v) is 13.1. The van der Waals surface area contributed by atoms with Crippen molar-refractivity contribution in [2.24, 2.45) is 0 Å². The summed E-state index contributed by atoms with van der Waals surface area (Å²) in [4.78, 5) is 11.6. The first-order chi connectivity index (χ1) is 11.1. The van der Waals surface area contributed by atoms with Crippen LogP contribution in [-0.2, 0) is 14.2 Å². The third-order valence-electron chi connectivity index (χ3n) is 3.25. The van der Waals surface area contributed by atoms with E-state index in [2.05, 4.69) is 10.2 Å². The van der Waals surface area contributed by atoms with Gasteiger partial charge in [0.15, 0.2) is 0 Å². The predicted octanol–water partition coefficient (Wildman–Crippen LogP) is 0.625. The van der Waals surface area contributed by atoms with Crippen molar-refractivity contribution in [2.75, 3.05) is 12.3 Å². The number of rotatable bonds is 5. The van der Waals surface area contributed by atoms with E-state index in [1.165, 1.54) is 0 Å². The van der Waals surface area contributed by atoms with Crippen molar-refractivity contribution in [1.82, 2.24) is 10.2 Å². The van der Waals surface area contributed by atoms with Gasteiger partial charge in [0.2, 0.25) is 5.13 Å². The van der Waals surface area contributed by atoms with Crippen LogP contribution in [0.3, 0.4) is 0 Å². The number of carbonyl (C=O) groups is 1. The zero-order chi connectivity index (χ0) is 16.4. The Balaban J connectivity index is 1.77. The Bertz CT molecular complexity index is 725. The minimum absolute atomic E-state index is 0.0467. The molecule has 0 radical (unpaired) electrons. The number of nitrogens with two attached hydrogens (primary N) is 1. The second kappa shape index (κ2) is 6.53. The highest BCUT2D eigenvalue weighted by molar-refractivity contribution is 7.16. The van der Waals surface area contributed by atoms with Crippen molar-refractivity contribution in [1.29, 1.82) is 0 Å². The molecule has 10 heteroatoms. The molecule has 2 heterocycles. The summed E-state index contributed by atoms with van der Waals surface area (Å²) < 4.78 is 15.9. The Kier molecular flexibility index (Phi) is 4.46. The number of carbonyl (C=O) groups excluding carboxylic acids is 1. The maximum atomic E-state index is 11.6. The molecule has 0 saturated heterocycles. The molecule has 1 atom stereocenters. The number of esters is 1. The van der Waals surface area contributed by atoms with Crippen molar-refractivity contribution >= 4 is 35.0 Å². The lowest BCUT2D eigenvalue weighted by atomic mass is 9.79. The average Bonchev–Trinajstić information content (AvgIpc) is 3.04. The molecule has 0 aliphatic carbocycles. The molecule has 3 rings (SSSR count). The van der Waals surface area contributed by atoms with E-state index in [0.717, 1.165) is 16.9 Å². The van der Waals surface area contributed by atoms with Crippen molar-refractivity contribution in [3.63, 3.8) is 0 Å². The molecule has 23 heavy (non-hydrogen) atoms. The van der Waals surface area contributed by atoms with Gasteiger partial charge in [-0.15, -0.1) is 5.10 Å². The summed E-state index contributed by atoms with van der Waals surface area (Å²) in [5, 5.41) is 18.0. The second-order valence-electron chi connectivity index (χ2n) is 4.79. The Morgan fingerprint density at radius 3 is 3.04 bits per heavy atom. The minimum atomic E-state index is -1.12. The van der Waals surface area contributed by atoms with Crippen molar-refractivity contribution in [2.45, 2.75) is 19.4 Å². The molecule has 0 fully saturated rings. The van der Waals surface area contributed by atoms with Crippen LogP contribution in [0.15, 0.2) is 18.2 Å². The monoisotopic (exact) mass is 335 g/mol. The van der Waals surface area contributed by atoms with E-state index in [1.54, 1.807) is 25.1 Å². The molecule has 8 nitrogen and oxygen atoms in total. The van der Waals surface area contributed by atoms with Crippen LogP contribution in [0.5, 0.6) is 10.9 Å². The van der Waals surface area contributed by atoms with Crippen molar-refractivity contribution in [3.05, 3.63) is 23.8 Å². The lowest BCUT2D eigenvalue weighted by Gasteiger charge is -2.11. The van der Waals surface area contributed by atoms with Gasteiger partial charge in [-0.25, -0.2) is 0 Å². The Hall–Kier alpha value is -2.17. The lowest BCUT2D eigenvalue weighted by molar-refractivity contribution is -0.145. The highest BCUT2D eigenvalue weighted by atomic mass is 32.1. The fraction of sp³-hybridized carbons (Fsp3) is 0.308. The summed E-state index contributed by atoms with van der Waals surface area (Å²) in [6.45, 7) is 2.04. The van der Waals surface area contributed by atoms with Gasteiger partial charge in [0.05, 0.1) is 19.1 Å². The molecule has 1 aromatic heterocycles. The predicted molar refractivity (Wildman–Crippen MR) is 83.5 cm³/mol. The second-order valence-corrected chi connectivity index (χ2v) is 5.76. The summed E-state index contributed by atoms with van der Waals surface area (Å²) in [5.74, 6) is 0.0987. The zero-order valence-electron chi connectivity index (χ0n) is 12.3. The number of hydrogen-bond acceptors (Lipinski definition) is 9. The van der Waals surface area contributed by atoms with E-state index in [1.807, 2.05) is 0 Å². The Labute approximate surface area is 136 Å². The molecule has 0 bridgehead atoms. The fourth-order valence-electron chi connectivity index (χ4n) is 2.32. The first kappa shape index (κ1) is 15.7. The summed E-state index contributed by atoms with van der Waals surface area (Å²) in [6.07, 6.45) is -0.490. The number of fused-ring (bicyclic) bond motifs is 1. The quantitative estimate of drug-likeness (QED) is 0.603. The average molecular weight is 335 g/mol. The summed E-state index contributed by atoms with van der Waals surface area (Å²) in [5.41, 5.74) is 6.78. The van der Waals surface area contributed by atoms with E-state index in [0.29, 0.717) is 28.1 Å². The van der Waals surface area contributed by atoms with Gasteiger partial charge in [0, 0.05) is 0 Å². The first-order valence-electron chi connectivity index (χ1n) is 6.96. The highest BCUT2D eigenvalue weighted by Gasteiger charge is 2.36. The number of anilines is 1. The largest absolute Gasteiger partial charge is 0.492 e. The van der Waals surface area contributed by atoms with Gasteiger partial charge in [-0.05, 0) is 41.4 Å². The molecule has 1 aliphatic rings. The Morgan fingerprint density at radius 2 is 2.35 bits per heavy atom. The van der Waals surface area contributed by atoms with Gasteiger partial charge in [-0.3, -0.25) is 4.79 Å². The van der Waals surface area contributed by atoms with E-state index in [-0.39, 0.29) is 12.4 Å². The van der Waals surface area contributed by atoms with Gasteiger partial charge in [-0.2, -0.15) is 0 Å². The summed E-state index contributed by atoms with van der Waals surface area (Å²) in [6, 6.07) is 5.09.